The minimum Gasteiger partial charge on any atom is -0.311 e. The number of rotatable bonds is 5. The third-order valence-corrected chi connectivity index (χ3v) is 5.14. The number of benzene rings is 1. The van der Waals surface area contributed by atoms with Crippen molar-refractivity contribution >= 4 is 0 Å². The van der Waals surface area contributed by atoms with Crippen molar-refractivity contribution in [1.82, 2.24) is 10.2 Å². The lowest BCUT2D eigenvalue weighted by atomic mass is 9.96. The van der Waals surface area contributed by atoms with Crippen molar-refractivity contribution in [2.75, 3.05) is 19.6 Å². The van der Waals surface area contributed by atoms with Gasteiger partial charge in [0.05, 0.1) is 0 Å². The van der Waals surface area contributed by atoms with Gasteiger partial charge in [0.15, 0.2) is 0 Å². The summed E-state index contributed by atoms with van der Waals surface area (Å²) in [7, 11) is 0. The lowest BCUT2D eigenvalue weighted by molar-refractivity contribution is 0.129. The largest absolute Gasteiger partial charge is 0.311 e. The fourth-order valence-electron chi connectivity index (χ4n) is 3.38. The minimum absolute atomic E-state index is 0.665. The standard InChI is InChI=1S/C18H28N2/c1-14(16-6-4-3-5-7-16)10-11-20-13-18(17-8-9-17)19-12-15(20)2/h3-7,14-15,17-19H,8-13H2,1-2H3. The van der Waals surface area contributed by atoms with E-state index in [1.165, 1.54) is 44.5 Å². The van der Waals surface area contributed by atoms with Crippen LogP contribution >= 0.6 is 0 Å². The molecule has 2 fully saturated rings. The van der Waals surface area contributed by atoms with Crippen LogP contribution in [0.3, 0.4) is 0 Å². The van der Waals surface area contributed by atoms with Crippen LogP contribution in [0.25, 0.3) is 0 Å². The van der Waals surface area contributed by atoms with E-state index < -0.39 is 0 Å². The minimum atomic E-state index is 0.665. The predicted octanol–water partition coefficient (Wildman–Crippen LogP) is 3.25. The maximum atomic E-state index is 3.74. The average molecular weight is 272 g/mol. The smallest absolute Gasteiger partial charge is 0.0224 e. The molecule has 1 N–H and O–H groups in total. The van der Waals surface area contributed by atoms with Crippen LogP contribution in [0.4, 0.5) is 0 Å². The highest BCUT2D eigenvalue weighted by molar-refractivity contribution is 5.18. The first-order chi connectivity index (χ1) is 9.74. The molecular weight excluding hydrogens is 244 g/mol. The topological polar surface area (TPSA) is 15.3 Å². The summed E-state index contributed by atoms with van der Waals surface area (Å²) in [5.74, 6) is 1.63. The summed E-state index contributed by atoms with van der Waals surface area (Å²) in [6.45, 7) is 8.39. The van der Waals surface area contributed by atoms with Crippen molar-refractivity contribution in [1.29, 1.82) is 0 Å². The number of hydrogen-bond donors (Lipinski definition) is 1. The van der Waals surface area contributed by atoms with Crippen LogP contribution in [-0.2, 0) is 0 Å². The fraction of sp³-hybridized carbons (Fsp3) is 0.667. The molecule has 3 unspecified atom stereocenters. The lowest BCUT2D eigenvalue weighted by Crippen LogP contribution is -2.56. The van der Waals surface area contributed by atoms with E-state index in [0.29, 0.717) is 12.0 Å². The average Bonchev–Trinajstić information content (AvgIpc) is 3.32. The Morgan fingerprint density at radius 2 is 2.00 bits per heavy atom. The molecule has 1 aromatic rings. The van der Waals surface area contributed by atoms with Crippen LogP contribution in [0.5, 0.6) is 0 Å². The molecule has 2 heteroatoms. The Labute approximate surface area is 123 Å². The Morgan fingerprint density at radius 1 is 1.25 bits per heavy atom. The summed E-state index contributed by atoms with van der Waals surface area (Å²) in [6, 6.07) is 12.4. The van der Waals surface area contributed by atoms with E-state index in [-0.39, 0.29) is 0 Å². The quantitative estimate of drug-likeness (QED) is 0.885. The SMILES string of the molecule is CC(CCN1CC(C2CC2)NCC1C)c1ccccc1. The van der Waals surface area contributed by atoms with E-state index in [9.17, 15) is 0 Å². The molecule has 0 spiro atoms. The molecule has 3 rings (SSSR count). The molecule has 1 aliphatic heterocycles. The third-order valence-electron chi connectivity index (χ3n) is 5.14. The van der Waals surface area contributed by atoms with Gasteiger partial charge in [0, 0.05) is 25.2 Å². The summed E-state index contributed by atoms with van der Waals surface area (Å²) in [5, 5.41) is 3.74. The van der Waals surface area contributed by atoms with Crippen molar-refractivity contribution in [3.8, 4) is 0 Å². The van der Waals surface area contributed by atoms with Gasteiger partial charge in [-0.2, -0.15) is 0 Å². The number of hydrogen-bond acceptors (Lipinski definition) is 2. The molecule has 2 nitrogen and oxygen atoms in total. The van der Waals surface area contributed by atoms with Gasteiger partial charge in [-0.25, -0.2) is 0 Å². The zero-order valence-electron chi connectivity index (χ0n) is 12.9. The first-order valence-corrected chi connectivity index (χ1v) is 8.26. The van der Waals surface area contributed by atoms with Gasteiger partial charge in [-0.3, -0.25) is 4.90 Å². The number of piperazine rings is 1. The summed E-state index contributed by atoms with van der Waals surface area (Å²) in [4.78, 5) is 2.71. The van der Waals surface area contributed by atoms with Crippen LogP contribution in [0.1, 0.15) is 44.6 Å². The summed E-state index contributed by atoms with van der Waals surface area (Å²) in [6.07, 6.45) is 4.16. The van der Waals surface area contributed by atoms with Crippen molar-refractivity contribution < 1.29 is 0 Å². The molecule has 20 heavy (non-hydrogen) atoms. The van der Waals surface area contributed by atoms with Gasteiger partial charge in [0.1, 0.15) is 0 Å². The molecule has 0 amide bonds. The molecular formula is C18H28N2. The van der Waals surface area contributed by atoms with Crippen LogP contribution in [-0.4, -0.2) is 36.6 Å². The molecule has 1 saturated carbocycles. The monoisotopic (exact) mass is 272 g/mol. The second-order valence-corrected chi connectivity index (χ2v) is 6.80. The summed E-state index contributed by atoms with van der Waals surface area (Å²) >= 11 is 0. The van der Waals surface area contributed by atoms with Crippen molar-refractivity contribution in [3.05, 3.63) is 35.9 Å². The van der Waals surface area contributed by atoms with Gasteiger partial charge in [-0.1, -0.05) is 37.3 Å². The van der Waals surface area contributed by atoms with Crippen molar-refractivity contribution in [2.45, 2.75) is 51.1 Å². The first-order valence-electron chi connectivity index (χ1n) is 8.26. The molecule has 2 aliphatic rings. The van der Waals surface area contributed by atoms with E-state index in [1.54, 1.807) is 0 Å². The normalized spacial score (nSPS) is 29.3. The van der Waals surface area contributed by atoms with Crippen molar-refractivity contribution in [2.24, 2.45) is 5.92 Å². The third kappa shape index (κ3) is 3.42. The predicted molar refractivity (Wildman–Crippen MR) is 85.0 cm³/mol. The maximum Gasteiger partial charge on any atom is 0.0224 e. The zero-order valence-corrected chi connectivity index (χ0v) is 12.9. The Balaban J connectivity index is 1.51. The zero-order chi connectivity index (χ0) is 13.9. The summed E-state index contributed by atoms with van der Waals surface area (Å²) in [5.41, 5.74) is 1.48. The van der Waals surface area contributed by atoms with Gasteiger partial charge in [-0.05, 0) is 50.1 Å². The van der Waals surface area contributed by atoms with Crippen LogP contribution < -0.4 is 5.32 Å². The highest BCUT2D eigenvalue weighted by Gasteiger charge is 2.35. The highest BCUT2D eigenvalue weighted by Crippen LogP contribution is 2.34. The van der Waals surface area contributed by atoms with Crippen LogP contribution in [0, 0.1) is 5.92 Å². The second kappa shape index (κ2) is 6.28. The summed E-state index contributed by atoms with van der Waals surface area (Å²) < 4.78 is 0. The molecule has 0 aromatic heterocycles. The molecule has 1 aromatic carbocycles. The fourth-order valence-corrected chi connectivity index (χ4v) is 3.38. The Morgan fingerprint density at radius 3 is 2.70 bits per heavy atom. The lowest BCUT2D eigenvalue weighted by Gasteiger charge is -2.39. The van der Waals surface area contributed by atoms with E-state index in [4.69, 9.17) is 0 Å². The molecule has 1 saturated heterocycles. The Hall–Kier alpha value is -0.860. The van der Waals surface area contributed by atoms with E-state index in [0.717, 1.165) is 12.0 Å². The van der Waals surface area contributed by atoms with E-state index in [1.807, 2.05) is 0 Å². The van der Waals surface area contributed by atoms with Gasteiger partial charge < -0.3 is 5.32 Å². The van der Waals surface area contributed by atoms with Gasteiger partial charge in [0.25, 0.3) is 0 Å². The molecule has 1 heterocycles. The highest BCUT2D eigenvalue weighted by atomic mass is 15.2. The van der Waals surface area contributed by atoms with Crippen LogP contribution in [0.2, 0.25) is 0 Å². The molecule has 3 atom stereocenters. The van der Waals surface area contributed by atoms with E-state index in [2.05, 4.69) is 54.4 Å². The molecule has 0 radical (unpaired) electrons. The second-order valence-electron chi connectivity index (χ2n) is 6.80. The van der Waals surface area contributed by atoms with Crippen molar-refractivity contribution in [3.63, 3.8) is 0 Å². The van der Waals surface area contributed by atoms with Crippen LogP contribution in [0.15, 0.2) is 30.3 Å². The molecule has 0 bridgehead atoms. The Bertz CT molecular complexity index is 413. The Kier molecular flexibility index (Phi) is 4.42. The van der Waals surface area contributed by atoms with Gasteiger partial charge in [-0.15, -0.1) is 0 Å². The number of nitrogens with one attached hydrogen (secondary N) is 1. The van der Waals surface area contributed by atoms with E-state index >= 15 is 0 Å². The molecule has 110 valence electrons. The molecule has 1 aliphatic carbocycles. The maximum absolute atomic E-state index is 3.74. The number of nitrogens with zero attached hydrogens (tertiary/aromatic N) is 1. The first kappa shape index (κ1) is 14.1. The van der Waals surface area contributed by atoms with Gasteiger partial charge >= 0.3 is 0 Å². The van der Waals surface area contributed by atoms with Gasteiger partial charge in [0.2, 0.25) is 0 Å².